The van der Waals surface area contributed by atoms with E-state index in [0.717, 1.165) is 19.3 Å². The topological polar surface area (TPSA) is 87.7 Å². The summed E-state index contributed by atoms with van der Waals surface area (Å²) in [5.41, 5.74) is 1.04. The second kappa shape index (κ2) is 10.0. The molecule has 0 unspecified atom stereocenters. The van der Waals surface area contributed by atoms with Gasteiger partial charge in [0, 0.05) is 24.3 Å². The van der Waals surface area contributed by atoms with Crippen LogP contribution in [0, 0.1) is 0 Å². The van der Waals surface area contributed by atoms with E-state index in [1.165, 1.54) is 16.4 Å². The number of rotatable bonds is 7. The van der Waals surface area contributed by atoms with Crippen LogP contribution in [0.4, 0.5) is 5.69 Å². The van der Waals surface area contributed by atoms with Gasteiger partial charge in [-0.05, 0) is 80.0 Å². The Bertz CT molecular complexity index is 984. The molecule has 0 bridgehead atoms. The normalized spacial score (nSPS) is 14.3. The van der Waals surface area contributed by atoms with Crippen LogP contribution >= 0.6 is 12.2 Å². The smallest absolute Gasteiger partial charge is 0.257 e. The van der Waals surface area contributed by atoms with Crippen LogP contribution in [0.1, 0.15) is 36.5 Å². The van der Waals surface area contributed by atoms with Crippen molar-refractivity contribution in [2.45, 2.75) is 31.1 Å². The predicted octanol–water partition coefficient (Wildman–Crippen LogP) is 3.39. The van der Waals surface area contributed by atoms with E-state index in [1.807, 2.05) is 6.92 Å². The molecule has 0 spiro atoms. The Morgan fingerprint density at radius 1 is 1.07 bits per heavy atom. The summed E-state index contributed by atoms with van der Waals surface area (Å²) in [6, 6.07) is 13.1. The number of hydrogen-bond acceptors (Lipinski definition) is 5. The maximum Gasteiger partial charge on any atom is 0.257 e. The zero-order valence-electron chi connectivity index (χ0n) is 16.8. The second-order valence-electron chi connectivity index (χ2n) is 6.92. The molecule has 9 heteroatoms. The van der Waals surface area contributed by atoms with Gasteiger partial charge in [-0.3, -0.25) is 10.1 Å². The highest BCUT2D eigenvalue weighted by Crippen LogP contribution is 2.22. The maximum absolute atomic E-state index is 12.6. The summed E-state index contributed by atoms with van der Waals surface area (Å²) in [5.74, 6) is 0.362. The zero-order chi connectivity index (χ0) is 21.6. The minimum Gasteiger partial charge on any atom is -0.494 e. The number of nitrogens with zero attached hydrogens (tertiary/aromatic N) is 1. The lowest BCUT2D eigenvalue weighted by Gasteiger charge is -2.16. The summed E-state index contributed by atoms with van der Waals surface area (Å²) in [4.78, 5) is 12.6. The molecule has 0 aromatic heterocycles. The lowest BCUT2D eigenvalue weighted by atomic mass is 10.2. The van der Waals surface area contributed by atoms with E-state index in [2.05, 4.69) is 10.6 Å². The van der Waals surface area contributed by atoms with Crippen LogP contribution in [0.5, 0.6) is 5.75 Å². The first kappa shape index (κ1) is 22.2. The summed E-state index contributed by atoms with van der Waals surface area (Å²) in [7, 11) is -3.46. The van der Waals surface area contributed by atoms with Crippen molar-refractivity contribution < 1.29 is 17.9 Å². The third-order valence-electron chi connectivity index (χ3n) is 4.63. The average Bonchev–Trinajstić information content (AvgIpc) is 3.29. The Hall–Kier alpha value is -2.49. The van der Waals surface area contributed by atoms with E-state index in [4.69, 9.17) is 17.0 Å². The molecule has 1 amide bonds. The average molecular weight is 448 g/mol. The summed E-state index contributed by atoms with van der Waals surface area (Å²) >= 11 is 5.19. The number of thiocarbonyl (C=S) groups is 1. The van der Waals surface area contributed by atoms with E-state index in [9.17, 15) is 13.2 Å². The molecule has 1 heterocycles. The highest BCUT2D eigenvalue weighted by atomic mass is 32.2. The van der Waals surface area contributed by atoms with Gasteiger partial charge >= 0.3 is 0 Å². The van der Waals surface area contributed by atoms with Crippen molar-refractivity contribution in [1.82, 2.24) is 9.62 Å². The molecule has 0 saturated carbocycles. The number of anilines is 1. The van der Waals surface area contributed by atoms with Crippen LogP contribution in [0.3, 0.4) is 0 Å². The fourth-order valence-electron chi connectivity index (χ4n) is 3.05. The van der Waals surface area contributed by atoms with Crippen LogP contribution in [-0.2, 0) is 10.0 Å². The Balaban J connectivity index is 1.56. The fraction of sp³-hybridized carbons (Fsp3) is 0.333. The van der Waals surface area contributed by atoms with Gasteiger partial charge in [0.15, 0.2) is 5.11 Å². The minimum absolute atomic E-state index is 0.126. The SMILES string of the molecule is CCCOc1ccc(C(=O)NC(=S)Nc2ccc(S(=O)(=O)N3CCCC3)cc2)cc1. The van der Waals surface area contributed by atoms with Crippen molar-refractivity contribution in [3.05, 3.63) is 54.1 Å². The molecular weight excluding hydrogens is 422 g/mol. The first-order valence-corrected chi connectivity index (χ1v) is 11.7. The number of carbonyl (C=O) groups excluding carboxylic acids is 1. The van der Waals surface area contributed by atoms with Crippen molar-refractivity contribution in [1.29, 1.82) is 0 Å². The van der Waals surface area contributed by atoms with E-state index < -0.39 is 10.0 Å². The van der Waals surface area contributed by atoms with Crippen molar-refractivity contribution in [3.63, 3.8) is 0 Å². The van der Waals surface area contributed by atoms with Crippen molar-refractivity contribution in [2.75, 3.05) is 25.0 Å². The molecule has 1 fully saturated rings. The van der Waals surface area contributed by atoms with Crippen molar-refractivity contribution in [3.8, 4) is 5.75 Å². The molecule has 2 aromatic carbocycles. The van der Waals surface area contributed by atoms with Crippen molar-refractivity contribution in [2.24, 2.45) is 0 Å². The summed E-state index contributed by atoms with van der Waals surface area (Å²) < 4.78 is 32.1. The highest BCUT2D eigenvalue weighted by Gasteiger charge is 2.26. The van der Waals surface area contributed by atoms with Crippen LogP contribution in [0.15, 0.2) is 53.4 Å². The van der Waals surface area contributed by atoms with E-state index in [-0.39, 0.29) is 15.9 Å². The molecule has 0 atom stereocenters. The summed E-state index contributed by atoms with van der Waals surface area (Å²) in [6.45, 7) is 3.77. The Morgan fingerprint density at radius 2 is 1.70 bits per heavy atom. The molecule has 160 valence electrons. The standard InChI is InChI=1S/C21H25N3O4S2/c1-2-15-28-18-9-5-16(6-10-18)20(25)23-21(29)22-17-7-11-19(12-8-17)30(26,27)24-13-3-4-14-24/h5-12H,2-4,13-15H2,1H3,(H2,22,23,25,29). The predicted molar refractivity (Wildman–Crippen MR) is 120 cm³/mol. The number of nitrogens with one attached hydrogen (secondary N) is 2. The Kier molecular flexibility index (Phi) is 7.41. The van der Waals surface area contributed by atoms with Gasteiger partial charge in [0.2, 0.25) is 10.0 Å². The van der Waals surface area contributed by atoms with E-state index >= 15 is 0 Å². The molecule has 1 aliphatic rings. The fourth-order valence-corrected chi connectivity index (χ4v) is 4.78. The van der Waals surface area contributed by atoms with Gasteiger partial charge in [-0.25, -0.2) is 8.42 Å². The monoisotopic (exact) mass is 447 g/mol. The third kappa shape index (κ3) is 5.56. The van der Waals surface area contributed by atoms with Gasteiger partial charge in [-0.1, -0.05) is 6.92 Å². The first-order valence-electron chi connectivity index (χ1n) is 9.85. The largest absolute Gasteiger partial charge is 0.494 e. The minimum atomic E-state index is -3.46. The molecular formula is C21H25N3O4S2. The highest BCUT2D eigenvalue weighted by molar-refractivity contribution is 7.89. The zero-order valence-corrected chi connectivity index (χ0v) is 18.4. The lowest BCUT2D eigenvalue weighted by Crippen LogP contribution is -2.34. The van der Waals surface area contributed by atoms with Crippen LogP contribution in [-0.4, -0.2) is 43.4 Å². The number of sulfonamides is 1. The molecule has 30 heavy (non-hydrogen) atoms. The third-order valence-corrected chi connectivity index (χ3v) is 6.75. The van der Waals surface area contributed by atoms with Gasteiger partial charge in [-0.15, -0.1) is 0 Å². The number of hydrogen-bond donors (Lipinski definition) is 2. The van der Waals surface area contributed by atoms with Crippen molar-refractivity contribution >= 4 is 38.9 Å². The number of ether oxygens (including phenoxy) is 1. The maximum atomic E-state index is 12.6. The molecule has 7 nitrogen and oxygen atoms in total. The molecule has 2 aromatic rings. The Morgan fingerprint density at radius 3 is 2.30 bits per heavy atom. The molecule has 0 aliphatic carbocycles. The molecule has 1 aliphatic heterocycles. The van der Waals surface area contributed by atoms with E-state index in [1.54, 1.807) is 36.4 Å². The number of carbonyl (C=O) groups is 1. The molecule has 0 radical (unpaired) electrons. The van der Waals surface area contributed by atoms with Crippen LogP contribution in [0.2, 0.25) is 0 Å². The summed E-state index contributed by atoms with van der Waals surface area (Å²) in [5, 5.41) is 5.63. The van der Waals surface area contributed by atoms with Crippen LogP contribution < -0.4 is 15.4 Å². The number of amides is 1. The summed E-state index contributed by atoms with van der Waals surface area (Å²) in [6.07, 6.45) is 2.69. The number of benzene rings is 2. The second-order valence-corrected chi connectivity index (χ2v) is 9.26. The molecule has 1 saturated heterocycles. The molecule has 2 N–H and O–H groups in total. The van der Waals surface area contributed by atoms with Gasteiger partial charge in [0.05, 0.1) is 11.5 Å². The van der Waals surface area contributed by atoms with Gasteiger partial charge in [-0.2, -0.15) is 4.31 Å². The first-order chi connectivity index (χ1) is 14.4. The molecule has 3 rings (SSSR count). The lowest BCUT2D eigenvalue weighted by molar-refractivity contribution is 0.0977. The van der Waals surface area contributed by atoms with Crippen LogP contribution in [0.25, 0.3) is 0 Å². The van der Waals surface area contributed by atoms with Gasteiger partial charge in [0.25, 0.3) is 5.91 Å². The quantitative estimate of drug-likeness (QED) is 0.633. The van der Waals surface area contributed by atoms with Gasteiger partial charge < -0.3 is 10.1 Å². The van der Waals surface area contributed by atoms with Gasteiger partial charge in [0.1, 0.15) is 5.75 Å². The van der Waals surface area contributed by atoms with E-state index in [0.29, 0.717) is 36.7 Å². The Labute approximate surface area is 182 Å².